The third-order valence-corrected chi connectivity index (χ3v) is 7.11. The average Bonchev–Trinajstić information content (AvgIpc) is 2.81. The Morgan fingerprint density at radius 1 is 1.53 bits per heavy atom. The summed E-state index contributed by atoms with van der Waals surface area (Å²) < 4.78 is 26.2. The quantitative estimate of drug-likeness (QED) is 0.632. The molecule has 0 atom stereocenters. The fraction of sp³-hybridized carbons (Fsp3) is 0.600. The molecule has 1 saturated heterocycles. The number of rotatable bonds is 3. The van der Waals surface area contributed by atoms with Gasteiger partial charge in [-0.25, -0.2) is 8.42 Å². The molecule has 0 unspecified atom stereocenters. The van der Waals surface area contributed by atoms with Crippen molar-refractivity contribution in [3.63, 3.8) is 0 Å². The number of thiophene rings is 1. The van der Waals surface area contributed by atoms with E-state index in [0.717, 1.165) is 30.2 Å². The Balaban J connectivity index is 2.46. The molecule has 106 valence electrons. The second kappa shape index (κ2) is 4.69. The van der Waals surface area contributed by atoms with Crippen LogP contribution in [0.25, 0.3) is 0 Å². The van der Waals surface area contributed by atoms with Crippen molar-refractivity contribution < 1.29 is 13.3 Å². The number of nitrogens with zero attached hydrogens (tertiary/aromatic N) is 2. The summed E-state index contributed by atoms with van der Waals surface area (Å²) >= 11 is 6.45. The molecule has 0 spiro atoms. The average molecular weight is 325 g/mol. The molecule has 1 aromatic heterocycles. The number of hydrogen-bond acceptors (Lipinski definition) is 5. The van der Waals surface area contributed by atoms with Gasteiger partial charge in [0.05, 0.1) is 4.92 Å². The highest BCUT2D eigenvalue weighted by Crippen LogP contribution is 2.41. The molecule has 0 saturated carbocycles. The van der Waals surface area contributed by atoms with Crippen LogP contribution in [0.3, 0.4) is 0 Å². The molecule has 9 heteroatoms. The Kier molecular flexibility index (Phi) is 3.63. The predicted octanol–water partition coefficient (Wildman–Crippen LogP) is 2.87. The molecule has 0 aliphatic carbocycles. The summed E-state index contributed by atoms with van der Waals surface area (Å²) in [7, 11) is -3.72. The first-order chi connectivity index (χ1) is 8.66. The molecule has 0 radical (unpaired) electrons. The van der Waals surface area contributed by atoms with Crippen LogP contribution in [0.2, 0.25) is 4.34 Å². The molecule has 1 aliphatic rings. The van der Waals surface area contributed by atoms with E-state index < -0.39 is 20.5 Å². The van der Waals surface area contributed by atoms with E-state index in [1.807, 2.05) is 13.8 Å². The summed E-state index contributed by atoms with van der Waals surface area (Å²) in [5.74, 6) is 0. The van der Waals surface area contributed by atoms with E-state index in [0.29, 0.717) is 6.54 Å². The molecular weight excluding hydrogens is 312 g/mol. The molecule has 6 nitrogen and oxygen atoms in total. The van der Waals surface area contributed by atoms with Gasteiger partial charge in [0.25, 0.3) is 15.7 Å². The lowest BCUT2D eigenvalue weighted by Crippen LogP contribution is -2.42. The van der Waals surface area contributed by atoms with Crippen LogP contribution in [-0.2, 0) is 10.0 Å². The molecule has 19 heavy (non-hydrogen) atoms. The third kappa shape index (κ3) is 2.49. The Morgan fingerprint density at radius 2 is 2.16 bits per heavy atom. The smallest absolute Gasteiger partial charge is 0.258 e. The van der Waals surface area contributed by atoms with Gasteiger partial charge < -0.3 is 0 Å². The van der Waals surface area contributed by atoms with Crippen molar-refractivity contribution in [3.8, 4) is 0 Å². The highest BCUT2D eigenvalue weighted by atomic mass is 35.5. The summed E-state index contributed by atoms with van der Waals surface area (Å²) in [5.41, 5.74) is -0.827. The van der Waals surface area contributed by atoms with Gasteiger partial charge in [0.1, 0.15) is 4.21 Å². The van der Waals surface area contributed by atoms with E-state index in [1.165, 1.54) is 4.31 Å². The minimum Gasteiger partial charge on any atom is -0.258 e. The van der Waals surface area contributed by atoms with Crippen LogP contribution in [0.15, 0.2) is 10.3 Å². The number of nitro groups is 1. The van der Waals surface area contributed by atoms with Crippen LogP contribution >= 0.6 is 22.9 Å². The van der Waals surface area contributed by atoms with Crippen molar-refractivity contribution in [2.24, 2.45) is 0 Å². The molecule has 0 bridgehead atoms. The second-order valence-corrected chi connectivity index (χ2v) is 8.72. The summed E-state index contributed by atoms with van der Waals surface area (Å²) in [6, 6.07) is 1.04. The van der Waals surface area contributed by atoms with Crippen molar-refractivity contribution in [2.75, 3.05) is 6.54 Å². The molecule has 1 aliphatic heterocycles. The first-order valence-electron chi connectivity index (χ1n) is 5.63. The van der Waals surface area contributed by atoms with Crippen molar-refractivity contribution in [1.29, 1.82) is 0 Å². The third-order valence-electron chi connectivity index (χ3n) is 3.21. The van der Waals surface area contributed by atoms with Crippen LogP contribution in [0.1, 0.15) is 26.7 Å². The molecule has 2 rings (SSSR count). The minimum absolute atomic E-state index is 0.0702. The van der Waals surface area contributed by atoms with Gasteiger partial charge in [0.2, 0.25) is 0 Å². The number of halogens is 1. The number of hydrogen-bond donors (Lipinski definition) is 0. The van der Waals surface area contributed by atoms with Crippen LogP contribution in [0.4, 0.5) is 5.69 Å². The largest absolute Gasteiger partial charge is 0.300 e. The fourth-order valence-electron chi connectivity index (χ4n) is 2.23. The second-order valence-electron chi connectivity index (χ2n) is 4.97. The maximum atomic E-state index is 12.5. The van der Waals surface area contributed by atoms with Gasteiger partial charge in [-0.05, 0) is 26.7 Å². The molecule has 0 aromatic carbocycles. The lowest BCUT2D eigenvalue weighted by molar-refractivity contribution is -0.384. The van der Waals surface area contributed by atoms with Gasteiger partial charge in [-0.2, -0.15) is 4.31 Å². The lowest BCUT2D eigenvalue weighted by Gasteiger charge is -2.29. The SMILES string of the molecule is CC1(C)CCCN1S(=O)(=O)c1cc([N+](=O)[O-])c(Cl)s1. The normalized spacial score (nSPS) is 19.7. The summed E-state index contributed by atoms with van der Waals surface area (Å²) in [6.45, 7) is 4.13. The van der Waals surface area contributed by atoms with Crippen molar-refractivity contribution in [3.05, 3.63) is 20.5 Å². The molecule has 0 amide bonds. The zero-order valence-corrected chi connectivity index (χ0v) is 12.8. The van der Waals surface area contributed by atoms with Crippen molar-refractivity contribution in [2.45, 2.75) is 36.4 Å². The molecular formula is C10H13ClN2O4S2. The summed E-state index contributed by atoms with van der Waals surface area (Å²) in [5, 5.41) is 10.7. The first kappa shape index (κ1) is 14.7. The minimum atomic E-state index is -3.72. The lowest BCUT2D eigenvalue weighted by atomic mass is 10.0. The molecule has 0 N–H and O–H groups in total. The van der Waals surface area contributed by atoms with Crippen LogP contribution in [0, 0.1) is 10.1 Å². The van der Waals surface area contributed by atoms with Gasteiger partial charge in [0, 0.05) is 18.2 Å². The zero-order valence-electron chi connectivity index (χ0n) is 10.4. The van der Waals surface area contributed by atoms with Gasteiger partial charge >= 0.3 is 0 Å². The van der Waals surface area contributed by atoms with E-state index in [2.05, 4.69) is 0 Å². The van der Waals surface area contributed by atoms with E-state index in [1.54, 1.807) is 0 Å². The standard InChI is InChI=1S/C10H13ClN2O4S2/c1-10(2)4-3-5-12(10)19(16,17)8-6-7(13(14)15)9(11)18-8/h6H,3-5H2,1-2H3. The topological polar surface area (TPSA) is 80.5 Å². The Bertz CT molecular complexity index is 623. The van der Waals surface area contributed by atoms with E-state index in [-0.39, 0.29) is 14.2 Å². The highest BCUT2D eigenvalue weighted by Gasteiger charge is 2.42. The predicted molar refractivity (Wildman–Crippen MR) is 73.2 cm³/mol. The molecule has 1 aromatic rings. The van der Waals surface area contributed by atoms with Crippen LogP contribution in [0.5, 0.6) is 0 Å². The monoisotopic (exact) mass is 324 g/mol. The first-order valence-corrected chi connectivity index (χ1v) is 8.26. The van der Waals surface area contributed by atoms with Gasteiger partial charge in [0.15, 0.2) is 4.34 Å². The van der Waals surface area contributed by atoms with Crippen LogP contribution < -0.4 is 0 Å². The summed E-state index contributed by atoms with van der Waals surface area (Å²) in [4.78, 5) is 10.1. The van der Waals surface area contributed by atoms with Crippen molar-refractivity contribution in [1.82, 2.24) is 4.31 Å². The van der Waals surface area contributed by atoms with Gasteiger partial charge in [-0.15, -0.1) is 11.3 Å². The molecule has 2 heterocycles. The molecule has 1 fully saturated rings. The number of sulfonamides is 1. The van der Waals surface area contributed by atoms with Gasteiger partial charge in [-0.3, -0.25) is 10.1 Å². The van der Waals surface area contributed by atoms with E-state index in [4.69, 9.17) is 11.6 Å². The maximum absolute atomic E-state index is 12.5. The maximum Gasteiger partial charge on any atom is 0.300 e. The Morgan fingerprint density at radius 3 is 2.58 bits per heavy atom. The van der Waals surface area contributed by atoms with Crippen molar-refractivity contribution >= 4 is 38.6 Å². The Hall–Kier alpha value is -0.700. The highest BCUT2D eigenvalue weighted by molar-refractivity contribution is 7.91. The van der Waals surface area contributed by atoms with E-state index in [9.17, 15) is 18.5 Å². The fourth-order valence-corrected chi connectivity index (χ4v) is 5.85. The van der Waals surface area contributed by atoms with Crippen LogP contribution in [-0.4, -0.2) is 29.7 Å². The van der Waals surface area contributed by atoms with E-state index >= 15 is 0 Å². The Labute approximate surface area is 120 Å². The zero-order chi connectivity index (χ0) is 14.4. The van der Waals surface area contributed by atoms with Gasteiger partial charge in [-0.1, -0.05) is 11.6 Å². The summed E-state index contributed by atoms with van der Waals surface area (Å²) in [6.07, 6.45) is 1.56.